The zero-order valence-electron chi connectivity index (χ0n) is 29.4. The minimum Gasteiger partial charge on any atom is -0.228 e. The molecule has 0 radical (unpaired) electrons. The summed E-state index contributed by atoms with van der Waals surface area (Å²) in [5.74, 6) is 0.704. The summed E-state index contributed by atoms with van der Waals surface area (Å²) in [6.07, 6.45) is 0. The molecule has 0 unspecified atom stereocenters. The van der Waals surface area contributed by atoms with Crippen LogP contribution in [0.2, 0.25) is 0 Å². The van der Waals surface area contributed by atoms with Gasteiger partial charge in [0.15, 0.2) is 5.82 Å². The maximum Gasteiger partial charge on any atom is 0.160 e. The Hall–Kier alpha value is -7.16. The van der Waals surface area contributed by atoms with Crippen molar-refractivity contribution in [1.29, 1.82) is 0 Å². The van der Waals surface area contributed by atoms with E-state index in [0.29, 0.717) is 5.82 Å². The summed E-state index contributed by atoms with van der Waals surface area (Å²) in [6, 6.07) is 69.8. The molecule has 0 saturated heterocycles. The molecule has 0 aliphatic rings. The Bertz CT molecular complexity index is 3190. The Kier molecular flexibility index (Phi) is 6.90. The first-order valence-electron chi connectivity index (χ1n) is 18.5. The molecule has 0 fully saturated rings. The summed E-state index contributed by atoms with van der Waals surface area (Å²) < 4.78 is 0. The predicted molar refractivity (Wildman–Crippen MR) is 228 cm³/mol. The van der Waals surface area contributed by atoms with Crippen molar-refractivity contribution in [1.82, 2.24) is 9.97 Å². The summed E-state index contributed by atoms with van der Waals surface area (Å²) in [6.45, 7) is 0. The van der Waals surface area contributed by atoms with Crippen LogP contribution in [0.5, 0.6) is 0 Å². The van der Waals surface area contributed by atoms with E-state index in [1.54, 1.807) is 0 Å². The molecular formula is C52H32N2. The number of hydrogen-bond acceptors (Lipinski definition) is 2. The second-order valence-electron chi connectivity index (χ2n) is 14.1. The van der Waals surface area contributed by atoms with Crippen LogP contribution < -0.4 is 0 Å². The average Bonchev–Trinajstić information content (AvgIpc) is 3.25. The second-order valence-corrected chi connectivity index (χ2v) is 14.1. The molecule has 1 aromatic heterocycles. The molecule has 11 aromatic rings. The van der Waals surface area contributed by atoms with Crippen molar-refractivity contribution >= 4 is 53.9 Å². The van der Waals surface area contributed by atoms with Gasteiger partial charge in [-0.1, -0.05) is 188 Å². The lowest BCUT2D eigenvalue weighted by atomic mass is 9.87. The molecule has 0 aliphatic carbocycles. The molecule has 1 heterocycles. The standard InChI is InChI=1S/C52H32N2/c1-3-12-33(13-4-1)40-27-24-34-14-7-8-19-39(34)51(40)48-32-47(53-52(54-48)38-15-5-2-6-16-38)45-31-30-43(41-20-9-10-21-42(41)45)44-28-25-37-23-22-35-17-11-18-36-26-29-46(44)50(37)49(35)36/h1-32H. The van der Waals surface area contributed by atoms with E-state index in [1.165, 1.54) is 54.2 Å². The third-order valence-electron chi connectivity index (χ3n) is 11.0. The fourth-order valence-corrected chi connectivity index (χ4v) is 8.56. The molecule has 0 spiro atoms. The molecule has 10 aromatic carbocycles. The van der Waals surface area contributed by atoms with Crippen LogP contribution in [-0.4, -0.2) is 9.97 Å². The topological polar surface area (TPSA) is 25.8 Å². The van der Waals surface area contributed by atoms with Gasteiger partial charge in [-0.2, -0.15) is 0 Å². The number of benzene rings is 10. The number of rotatable bonds is 5. The number of fused-ring (bicyclic) bond motifs is 2. The lowest BCUT2D eigenvalue weighted by Gasteiger charge is -2.18. The molecule has 0 saturated carbocycles. The van der Waals surface area contributed by atoms with E-state index in [0.717, 1.165) is 50.0 Å². The van der Waals surface area contributed by atoms with Crippen molar-refractivity contribution in [3.63, 3.8) is 0 Å². The highest BCUT2D eigenvalue weighted by Crippen LogP contribution is 2.44. The zero-order chi connectivity index (χ0) is 35.6. The van der Waals surface area contributed by atoms with Crippen LogP contribution in [0, 0.1) is 0 Å². The summed E-state index contributed by atoms with van der Waals surface area (Å²) in [7, 11) is 0. The van der Waals surface area contributed by atoms with Gasteiger partial charge in [0.05, 0.1) is 11.4 Å². The van der Waals surface area contributed by atoms with Crippen LogP contribution in [0.4, 0.5) is 0 Å². The van der Waals surface area contributed by atoms with Crippen LogP contribution in [-0.2, 0) is 0 Å². The fourth-order valence-electron chi connectivity index (χ4n) is 8.56. The van der Waals surface area contributed by atoms with Gasteiger partial charge >= 0.3 is 0 Å². The second kappa shape index (κ2) is 12.2. The summed E-state index contributed by atoms with van der Waals surface area (Å²) in [5.41, 5.74) is 9.71. The molecule has 11 rings (SSSR count). The van der Waals surface area contributed by atoms with E-state index in [-0.39, 0.29) is 0 Å². The Morgan fingerprint density at radius 1 is 0.278 bits per heavy atom. The molecule has 0 bridgehead atoms. The van der Waals surface area contributed by atoms with Crippen LogP contribution in [0.1, 0.15) is 0 Å². The van der Waals surface area contributed by atoms with E-state index in [1.807, 2.05) is 6.07 Å². The van der Waals surface area contributed by atoms with Gasteiger partial charge in [-0.25, -0.2) is 9.97 Å². The van der Waals surface area contributed by atoms with Gasteiger partial charge in [-0.3, -0.25) is 0 Å². The monoisotopic (exact) mass is 684 g/mol. The van der Waals surface area contributed by atoms with Crippen molar-refractivity contribution in [3.8, 4) is 56.2 Å². The molecule has 0 amide bonds. The highest BCUT2D eigenvalue weighted by atomic mass is 14.9. The van der Waals surface area contributed by atoms with Gasteiger partial charge in [-0.05, 0) is 82.2 Å². The number of aromatic nitrogens is 2. The molecule has 2 heteroatoms. The summed E-state index contributed by atoms with van der Waals surface area (Å²) >= 11 is 0. The minimum atomic E-state index is 0.704. The number of nitrogens with zero attached hydrogens (tertiary/aromatic N) is 2. The predicted octanol–water partition coefficient (Wildman–Crippen LogP) is 14.0. The SMILES string of the molecule is c1ccc(-c2nc(-c3c(-c4ccccc4)ccc4ccccc34)cc(-c3ccc(-c4ccc5ccc6cccc7ccc4c5c67)c4ccccc34)n2)cc1. The first kappa shape index (κ1) is 30.5. The van der Waals surface area contributed by atoms with E-state index in [4.69, 9.17) is 9.97 Å². The lowest BCUT2D eigenvalue weighted by molar-refractivity contribution is 1.19. The quantitative estimate of drug-likeness (QED) is 0.169. The Morgan fingerprint density at radius 2 is 0.778 bits per heavy atom. The van der Waals surface area contributed by atoms with Crippen molar-refractivity contribution in [2.24, 2.45) is 0 Å². The molecular weight excluding hydrogens is 653 g/mol. The van der Waals surface area contributed by atoms with E-state index >= 15 is 0 Å². The van der Waals surface area contributed by atoms with Gasteiger partial charge in [-0.15, -0.1) is 0 Å². The van der Waals surface area contributed by atoms with Crippen LogP contribution in [0.25, 0.3) is 110 Å². The smallest absolute Gasteiger partial charge is 0.160 e. The van der Waals surface area contributed by atoms with E-state index < -0.39 is 0 Å². The average molecular weight is 685 g/mol. The molecule has 2 nitrogen and oxygen atoms in total. The number of hydrogen-bond donors (Lipinski definition) is 0. The van der Waals surface area contributed by atoms with Crippen molar-refractivity contribution in [2.45, 2.75) is 0 Å². The molecule has 54 heavy (non-hydrogen) atoms. The van der Waals surface area contributed by atoms with E-state index in [9.17, 15) is 0 Å². The van der Waals surface area contributed by atoms with Crippen LogP contribution in [0.15, 0.2) is 194 Å². The van der Waals surface area contributed by atoms with Gasteiger partial charge in [0, 0.05) is 16.7 Å². The van der Waals surface area contributed by atoms with Gasteiger partial charge in [0.2, 0.25) is 0 Å². The zero-order valence-corrected chi connectivity index (χ0v) is 29.4. The summed E-state index contributed by atoms with van der Waals surface area (Å²) in [4.78, 5) is 10.7. The largest absolute Gasteiger partial charge is 0.228 e. The summed E-state index contributed by atoms with van der Waals surface area (Å²) in [5, 5.41) is 12.4. The fraction of sp³-hybridized carbons (Fsp3) is 0. The molecule has 0 N–H and O–H groups in total. The highest BCUT2D eigenvalue weighted by Gasteiger charge is 2.20. The van der Waals surface area contributed by atoms with Crippen molar-refractivity contribution in [2.75, 3.05) is 0 Å². The van der Waals surface area contributed by atoms with Gasteiger partial charge in [0.25, 0.3) is 0 Å². The third kappa shape index (κ3) is 4.81. The van der Waals surface area contributed by atoms with Crippen molar-refractivity contribution < 1.29 is 0 Å². The third-order valence-corrected chi connectivity index (χ3v) is 11.0. The Balaban J connectivity index is 1.17. The van der Waals surface area contributed by atoms with Crippen molar-refractivity contribution in [3.05, 3.63) is 194 Å². The Labute approximate surface area is 313 Å². The normalized spacial score (nSPS) is 11.7. The maximum atomic E-state index is 5.34. The molecule has 0 aliphatic heterocycles. The molecule has 250 valence electrons. The maximum absolute atomic E-state index is 5.34. The van der Waals surface area contributed by atoms with Gasteiger partial charge in [0.1, 0.15) is 0 Å². The highest BCUT2D eigenvalue weighted by molar-refractivity contribution is 6.26. The van der Waals surface area contributed by atoms with Gasteiger partial charge < -0.3 is 0 Å². The molecule has 0 atom stereocenters. The minimum absolute atomic E-state index is 0.704. The first-order valence-corrected chi connectivity index (χ1v) is 18.5. The lowest BCUT2D eigenvalue weighted by Crippen LogP contribution is -1.98. The Morgan fingerprint density at radius 3 is 1.56 bits per heavy atom. The first-order chi connectivity index (χ1) is 26.8. The van der Waals surface area contributed by atoms with Crippen LogP contribution in [0.3, 0.4) is 0 Å². The van der Waals surface area contributed by atoms with Crippen LogP contribution >= 0.6 is 0 Å². The van der Waals surface area contributed by atoms with E-state index in [2.05, 4.69) is 188 Å².